The second-order valence-corrected chi connectivity index (χ2v) is 5.61. The van der Waals surface area contributed by atoms with Crippen LogP contribution in [0.2, 0.25) is 5.02 Å². The molecule has 1 saturated carbocycles. The number of carbonyl (C=O) groups is 2. The highest BCUT2D eigenvalue weighted by Crippen LogP contribution is 2.30. The Morgan fingerprint density at radius 3 is 2.77 bits per heavy atom. The second-order valence-electron chi connectivity index (χ2n) is 5.20. The molecule has 0 saturated heterocycles. The maximum Gasteiger partial charge on any atom is 0.407 e. The van der Waals surface area contributed by atoms with Crippen molar-refractivity contribution in [1.82, 2.24) is 10.2 Å². The van der Waals surface area contributed by atoms with E-state index in [9.17, 15) is 14.7 Å². The van der Waals surface area contributed by atoms with Gasteiger partial charge < -0.3 is 20.1 Å². The molecule has 1 fully saturated rings. The van der Waals surface area contributed by atoms with Gasteiger partial charge >= 0.3 is 12.2 Å². The zero-order valence-corrected chi connectivity index (χ0v) is 13.1. The van der Waals surface area contributed by atoms with Gasteiger partial charge in [-0.2, -0.15) is 0 Å². The van der Waals surface area contributed by atoms with Crippen LogP contribution < -0.4 is 5.32 Å². The van der Waals surface area contributed by atoms with Gasteiger partial charge in [0.1, 0.15) is 0 Å². The van der Waals surface area contributed by atoms with E-state index < -0.39 is 12.2 Å². The number of carbonyl (C=O) groups excluding carboxylic acids is 1. The molecular weight excluding hydrogens is 308 g/mol. The fourth-order valence-corrected chi connectivity index (χ4v) is 2.34. The van der Waals surface area contributed by atoms with E-state index in [0.29, 0.717) is 11.4 Å². The summed E-state index contributed by atoms with van der Waals surface area (Å²) in [7, 11) is 1.50. The average molecular weight is 327 g/mol. The molecule has 0 atom stereocenters. The van der Waals surface area contributed by atoms with Crippen LogP contribution in [0.25, 0.3) is 0 Å². The second kappa shape index (κ2) is 7.35. The molecule has 0 unspecified atom stereocenters. The number of rotatable bonds is 6. The Hall–Kier alpha value is -1.95. The number of carboxylic acid groups (broad SMARTS) is 1. The molecule has 1 aliphatic rings. The van der Waals surface area contributed by atoms with Crippen molar-refractivity contribution in [3.05, 3.63) is 34.3 Å². The van der Waals surface area contributed by atoms with Crippen molar-refractivity contribution in [2.24, 2.45) is 0 Å². The van der Waals surface area contributed by atoms with Crippen LogP contribution in [0.1, 0.15) is 24.0 Å². The number of halogens is 1. The number of benzene rings is 1. The number of amides is 2. The van der Waals surface area contributed by atoms with E-state index in [1.165, 1.54) is 11.9 Å². The van der Waals surface area contributed by atoms with Crippen LogP contribution in [0.3, 0.4) is 0 Å². The molecule has 2 N–H and O–H groups in total. The Kier molecular flexibility index (Phi) is 5.49. The highest BCUT2D eigenvalue weighted by molar-refractivity contribution is 6.31. The third-order valence-corrected chi connectivity index (χ3v) is 3.88. The molecule has 2 amide bonds. The van der Waals surface area contributed by atoms with Gasteiger partial charge in [0.2, 0.25) is 0 Å². The summed E-state index contributed by atoms with van der Waals surface area (Å²) in [5, 5.41) is 12.2. The van der Waals surface area contributed by atoms with E-state index in [-0.39, 0.29) is 19.2 Å². The predicted octanol–water partition coefficient (Wildman–Crippen LogP) is 2.88. The monoisotopic (exact) mass is 326 g/mol. The summed E-state index contributed by atoms with van der Waals surface area (Å²) in [5.74, 6) is 0. The Morgan fingerprint density at radius 1 is 1.45 bits per heavy atom. The molecule has 120 valence electrons. The van der Waals surface area contributed by atoms with Crippen molar-refractivity contribution < 1.29 is 19.4 Å². The van der Waals surface area contributed by atoms with Crippen molar-refractivity contribution in [2.45, 2.75) is 31.8 Å². The zero-order valence-electron chi connectivity index (χ0n) is 12.3. The smallest absolute Gasteiger partial charge is 0.407 e. The molecule has 0 aromatic heterocycles. The normalized spacial score (nSPS) is 13.5. The van der Waals surface area contributed by atoms with Gasteiger partial charge in [0, 0.05) is 24.5 Å². The summed E-state index contributed by atoms with van der Waals surface area (Å²) in [6.45, 7) is 0.537. The van der Waals surface area contributed by atoms with Crippen LogP contribution in [-0.2, 0) is 17.7 Å². The standard InChI is InChI=1S/C15H19ClN2O4/c1-17-14(19)22-7-6-10-2-5-13(16)11(8-10)9-18(15(20)21)12-3-4-12/h2,5,8,12H,3-4,6-7,9H2,1H3,(H,17,19)(H,20,21). The molecule has 0 aliphatic heterocycles. The minimum Gasteiger partial charge on any atom is -0.465 e. The third kappa shape index (κ3) is 4.53. The largest absolute Gasteiger partial charge is 0.465 e. The molecular formula is C15H19ClN2O4. The van der Waals surface area contributed by atoms with E-state index in [1.54, 1.807) is 6.07 Å². The predicted molar refractivity (Wildman–Crippen MR) is 82.2 cm³/mol. The van der Waals surface area contributed by atoms with Gasteiger partial charge in [-0.25, -0.2) is 9.59 Å². The Bertz CT molecular complexity index is 560. The maximum absolute atomic E-state index is 11.3. The number of alkyl carbamates (subject to hydrolysis) is 1. The molecule has 1 aromatic rings. The molecule has 6 nitrogen and oxygen atoms in total. The van der Waals surface area contributed by atoms with E-state index in [4.69, 9.17) is 16.3 Å². The SMILES string of the molecule is CNC(=O)OCCc1ccc(Cl)c(CN(C(=O)O)C2CC2)c1. The molecule has 0 heterocycles. The Labute approximate surface area is 134 Å². The summed E-state index contributed by atoms with van der Waals surface area (Å²) in [6, 6.07) is 5.57. The first kappa shape index (κ1) is 16.4. The van der Waals surface area contributed by atoms with Crippen molar-refractivity contribution >= 4 is 23.8 Å². The van der Waals surface area contributed by atoms with Crippen molar-refractivity contribution in [1.29, 1.82) is 0 Å². The van der Waals surface area contributed by atoms with Gasteiger partial charge in [0.25, 0.3) is 0 Å². The molecule has 1 aromatic carbocycles. The van der Waals surface area contributed by atoms with Gasteiger partial charge in [-0.3, -0.25) is 0 Å². The van der Waals surface area contributed by atoms with Crippen LogP contribution in [-0.4, -0.2) is 41.9 Å². The summed E-state index contributed by atoms with van der Waals surface area (Å²) in [4.78, 5) is 23.7. The van der Waals surface area contributed by atoms with Crippen molar-refractivity contribution in [3.8, 4) is 0 Å². The highest BCUT2D eigenvalue weighted by atomic mass is 35.5. The Balaban J connectivity index is 1.99. The van der Waals surface area contributed by atoms with Gasteiger partial charge in [0.15, 0.2) is 0 Å². The zero-order chi connectivity index (χ0) is 16.1. The number of hydrogen-bond acceptors (Lipinski definition) is 3. The van der Waals surface area contributed by atoms with Crippen molar-refractivity contribution in [3.63, 3.8) is 0 Å². The lowest BCUT2D eigenvalue weighted by atomic mass is 10.1. The number of hydrogen-bond donors (Lipinski definition) is 2. The van der Waals surface area contributed by atoms with Gasteiger partial charge in [-0.05, 0) is 30.0 Å². The summed E-state index contributed by atoms with van der Waals surface area (Å²) in [5.41, 5.74) is 1.72. The fraction of sp³-hybridized carbons (Fsp3) is 0.467. The summed E-state index contributed by atoms with van der Waals surface area (Å²) in [6.07, 6.45) is 0.966. The maximum atomic E-state index is 11.3. The quantitative estimate of drug-likeness (QED) is 0.842. The lowest BCUT2D eigenvalue weighted by Gasteiger charge is -2.19. The van der Waals surface area contributed by atoms with Crippen LogP contribution in [0.4, 0.5) is 9.59 Å². The number of nitrogens with one attached hydrogen (secondary N) is 1. The van der Waals surface area contributed by atoms with E-state index in [1.807, 2.05) is 12.1 Å². The molecule has 22 heavy (non-hydrogen) atoms. The van der Waals surface area contributed by atoms with Gasteiger partial charge in [-0.1, -0.05) is 23.7 Å². The van der Waals surface area contributed by atoms with Crippen LogP contribution >= 0.6 is 11.6 Å². The van der Waals surface area contributed by atoms with E-state index in [2.05, 4.69) is 5.32 Å². The first-order chi connectivity index (χ1) is 10.5. The average Bonchev–Trinajstić information content (AvgIpc) is 3.31. The lowest BCUT2D eigenvalue weighted by molar-refractivity contribution is 0.139. The molecule has 7 heteroatoms. The minimum absolute atomic E-state index is 0.105. The molecule has 0 spiro atoms. The topological polar surface area (TPSA) is 78.9 Å². The van der Waals surface area contributed by atoms with E-state index in [0.717, 1.165) is 24.0 Å². The minimum atomic E-state index is -0.924. The lowest BCUT2D eigenvalue weighted by Crippen LogP contribution is -2.31. The first-order valence-electron chi connectivity index (χ1n) is 7.12. The molecule has 2 rings (SSSR count). The number of nitrogens with zero attached hydrogens (tertiary/aromatic N) is 1. The van der Waals surface area contributed by atoms with Crippen molar-refractivity contribution in [2.75, 3.05) is 13.7 Å². The molecule has 0 radical (unpaired) electrons. The summed E-state index contributed by atoms with van der Waals surface area (Å²) < 4.78 is 4.95. The van der Waals surface area contributed by atoms with Crippen LogP contribution in [0.5, 0.6) is 0 Å². The number of ether oxygens (including phenoxy) is 1. The third-order valence-electron chi connectivity index (χ3n) is 3.51. The van der Waals surface area contributed by atoms with Crippen LogP contribution in [0.15, 0.2) is 18.2 Å². The summed E-state index contributed by atoms with van der Waals surface area (Å²) >= 11 is 6.16. The molecule has 1 aliphatic carbocycles. The molecule has 0 bridgehead atoms. The van der Waals surface area contributed by atoms with Gasteiger partial charge in [-0.15, -0.1) is 0 Å². The van der Waals surface area contributed by atoms with Gasteiger partial charge in [0.05, 0.1) is 13.2 Å². The fourth-order valence-electron chi connectivity index (χ4n) is 2.16. The highest BCUT2D eigenvalue weighted by Gasteiger charge is 2.32. The van der Waals surface area contributed by atoms with E-state index >= 15 is 0 Å². The van der Waals surface area contributed by atoms with Crippen LogP contribution in [0, 0.1) is 0 Å². The first-order valence-corrected chi connectivity index (χ1v) is 7.50. The Morgan fingerprint density at radius 2 is 2.18 bits per heavy atom.